The first kappa shape index (κ1) is 17.0. The van der Waals surface area contributed by atoms with Crippen molar-refractivity contribution in [3.8, 4) is 0 Å². The topological polar surface area (TPSA) is 12.0 Å². The molecule has 1 aromatic rings. The van der Waals surface area contributed by atoms with E-state index in [0.717, 1.165) is 34.8 Å². The normalized spacial score (nSPS) is 14.4. The summed E-state index contributed by atoms with van der Waals surface area (Å²) in [7, 11) is 0. The summed E-state index contributed by atoms with van der Waals surface area (Å²) in [5.41, 5.74) is 1.22. The van der Waals surface area contributed by atoms with Crippen LogP contribution in [0.1, 0.15) is 58.1 Å². The van der Waals surface area contributed by atoms with Gasteiger partial charge in [0.05, 0.1) is 0 Å². The first-order valence-corrected chi connectivity index (χ1v) is 8.43. The van der Waals surface area contributed by atoms with Gasteiger partial charge in [0.1, 0.15) is 0 Å². The molecule has 0 aromatic heterocycles. The molecular formula is C16H25BrClN. The van der Waals surface area contributed by atoms with E-state index in [9.17, 15) is 0 Å². The molecular weight excluding hydrogens is 322 g/mol. The minimum Gasteiger partial charge on any atom is -0.310 e. The van der Waals surface area contributed by atoms with E-state index in [0.29, 0.717) is 6.04 Å². The van der Waals surface area contributed by atoms with Crippen molar-refractivity contribution in [2.24, 2.45) is 5.92 Å². The second kappa shape index (κ2) is 8.99. The Labute approximate surface area is 131 Å². The zero-order valence-corrected chi connectivity index (χ0v) is 14.5. The fourth-order valence-electron chi connectivity index (χ4n) is 2.44. The number of rotatable bonds is 8. The molecule has 108 valence electrons. The Morgan fingerprint density at radius 2 is 2.00 bits per heavy atom. The van der Waals surface area contributed by atoms with E-state index in [1.807, 2.05) is 6.07 Å². The largest absolute Gasteiger partial charge is 0.310 e. The fraction of sp³-hybridized carbons (Fsp3) is 0.625. The van der Waals surface area contributed by atoms with Gasteiger partial charge in [0.2, 0.25) is 0 Å². The summed E-state index contributed by atoms with van der Waals surface area (Å²) in [6.45, 7) is 7.81. The van der Waals surface area contributed by atoms with Gasteiger partial charge in [0.25, 0.3) is 0 Å². The number of hydrogen-bond acceptors (Lipinski definition) is 1. The predicted octanol–water partition coefficient (Wildman–Crippen LogP) is 5.97. The highest BCUT2D eigenvalue weighted by Crippen LogP contribution is 2.31. The lowest BCUT2D eigenvalue weighted by molar-refractivity contribution is 0.390. The molecule has 0 spiro atoms. The fourth-order valence-corrected chi connectivity index (χ4v) is 3.24. The van der Waals surface area contributed by atoms with Gasteiger partial charge in [-0.05, 0) is 43.0 Å². The summed E-state index contributed by atoms with van der Waals surface area (Å²) >= 11 is 9.86. The number of hydrogen-bond donors (Lipinski definition) is 1. The van der Waals surface area contributed by atoms with E-state index >= 15 is 0 Å². The summed E-state index contributed by atoms with van der Waals surface area (Å²) < 4.78 is 1.04. The zero-order chi connectivity index (χ0) is 14.3. The average molecular weight is 347 g/mol. The van der Waals surface area contributed by atoms with Crippen molar-refractivity contribution in [2.45, 2.75) is 52.5 Å². The van der Waals surface area contributed by atoms with Gasteiger partial charge in [-0.3, -0.25) is 0 Å². The molecule has 1 N–H and O–H groups in total. The molecule has 0 radical (unpaired) electrons. The third-order valence-corrected chi connectivity index (χ3v) is 4.22. The summed E-state index contributed by atoms with van der Waals surface area (Å²) in [5, 5.41) is 4.49. The number of benzene rings is 1. The van der Waals surface area contributed by atoms with Crippen LogP contribution in [0.4, 0.5) is 0 Å². The Morgan fingerprint density at radius 1 is 1.26 bits per heavy atom. The van der Waals surface area contributed by atoms with Crippen molar-refractivity contribution in [1.29, 1.82) is 0 Å². The van der Waals surface area contributed by atoms with E-state index in [1.54, 1.807) is 0 Å². The summed E-state index contributed by atoms with van der Waals surface area (Å²) in [6.07, 6.45) is 4.82. The van der Waals surface area contributed by atoms with Crippen molar-refractivity contribution in [2.75, 3.05) is 6.54 Å². The molecule has 19 heavy (non-hydrogen) atoms. The van der Waals surface area contributed by atoms with Gasteiger partial charge in [-0.1, -0.05) is 67.2 Å². The predicted molar refractivity (Wildman–Crippen MR) is 88.9 cm³/mol. The van der Waals surface area contributed by atoms with E-state index < -0.39 is 0 Å². The molecule has 1 nitrogen and oxygen atoms in total. The van der Waals surface area contributed by atoms with Gasteiger partial charge in [0, 0.05) is 15.5 Å². The molecule has 0 saturated heterocycles. The van der Waals surface area contributed by atoms with Gasteiger partial charge in [0.15, 0.2) is 0 Å². The first-order chi connectivity index (χ1) is 9.08. The van der Waals surface area contributed by atoms with Crippen LogP contribution < -0.4 is 5.32 Å². The van der Waals surface area contributed by atoms with Crippen LogP contribution >= 0.6 is 27.5 Å². The molecule has 2 atom stereocenters. The zero-order valence-electron chi connectivity index (χ0n) is 12.2. The highest BCUT2D eigenvalue weighted by Gasteiger charge is 2.17. The molecule has 0 aliphatic rings. The lowest BCUT2D eigenvalue weighted by Gasteiger charge is -2.23. The molecule has 2 unspecified atom stereocenters. The highest BCUT2D eigenvalue weighted by atomic mass is 79.9. The van der Waals surface area contributed by atoms with Crippen LogP contribution in [0.15, 0.2) is 22.7 Å². The molecule has 0 amide bonds. The molecule has 0 aliphatic heterocycles. The van der Waals surface area contributed by atoms with Crippen LogP contribution in [0.3, 0.4) is 0 Å². The van der Waals surface area contributed by atoms with Crippen molar-refractivity contribution in [3.63, 3.8) is 0 Å². The van der Waals surface area contributed by atoms with Gasteiger partial charge in [-0.15, -0.1) is 0 Å². The Kier molecular flexibility index (Phi) is 8.05. The Hall–Kier alpha value is -0.0500. The Morgan fingerprint density at radius 3 is 2.58 bits per heavy atom. The second-order valence-corrected chi connectivity index (χ2v) is 6.62. The summed E-state index contributed by atoms with van der Waals surface area (Å²) in [5.74, 6) is 0.721. The second-order valence-electron chi connectivity index (χ2n) is 5.30. The lowest BCUT2D eigenvalue weighted by atomic mass is 9.93. The SMILES string of the molecule is CCCNC(CC(C)CCC)c1ccc(Br)cc1Cl. The third-order valence-electron chi connectivity index (χ3n) is 3.40. The Bertz CT molecular complexity index is 381. The van der Waals surface area contributed by atoms with Crippen LogP contribution in [0.2, 0.25) is 5.02 Å². The monoisotopic (exact) mass is 345 g/mol. The molecule has 0 heterocycles. The third kappa shape index (κ3) is 5.85. The van der Waals surface area contributed by atoms with Crippen LogP contribution in [-0.4, -0.2) is 6.54 Å². The van der Waals surface area contributed by atoms with Gasteiger partial charge >= 0.3 is 0 Å². The van der Waals surface area contributed by atoms with Gasteiger partial charge in [-0.2, -0.15) is 0 Å². The minimum absolute atomic E-state index is 0.363. The van der Waals surface area contributed by atoms with Crippen molar-refractivity contribution in [1.82, 2.24) is 5.32 Å². The first-order valence-electron chi connectivity index (χ1n) is 7.26. The number of halogens is 2. The maximum absolute atomic E-state index is 6.39. The summed E-state index contributed by atoms with van der Waals surface area (Å²) in [4.78, 5) is 0. The average Bonchev–Trinajstić information content (AvgIpc) is 2.35. The quantitative estimate of drug-likeness (QED) is 0.611. The summed E-state index contributed by atoms with van der Waals surface area (Å²) in [6, 6.07) is 6.56. The van der Waals surface area contributed by atoms with Crippen LogP contribution in [-0.2, 0) is 0 Å². The Balaban J connectivity index is 2.82. The van der Waals surface area contributed by atoms with Gasteiger partial charge < -0.3 is 5.32 Å². The lowest BCUT2D eigenvalue weighted by Crippen LogP contribution is -2.24. The van der Waals surface area contributed by atoms with Gasteiger partial charge in [-0.25, -0.2) is 0 Å². The molecule has 0 aliphatic carbocycles. The van der Waals surface area contributed by atoms with Crippen LogP contribution in [0, 0.1) is 5.92 Å². The maximum Gasteiger partial charge on any atom is 0.0465 e. The smallest absolute Gasteiger partial charge is 0.0465 e. The number of nitrogens with one attached hydrogen (secondary N) is 1. The molecule has 1 aromatic carbocycles. The molecule has 0 fully saturated rings. The maximum atomic E-state index is 6.39. The van der Waals surface area contributed by atoms with Crippen molar-refractivity contribution in [3.05, 3.63) is 33.3 Å². The van der Waals surface area contributed by atoms with Crippen LogP contribution in [0.5, 0.6) is 0 Å². The van der Waals surface area contributed by atoms with E-state index in [-0.39, 0.29) is 0 Å². The highest BCUT2D eigenvalue weighted by molar-refractivity contribution is 9.10. The van der Waals surface area contributed by atoms with E-state index in [1.165, 1.54) is 18.4 Å². The molecule has 3 heteroatoms. The molecule has 0 bridgehead atoms. The minimum atomic E-state index is 0.363. The van der Waals surface area contributed by atoms with E-state index in [2.05, 4.69) is 54.2 Å². The molecule has 1 rings (SSSR count). The van der Waals surface area contributed by atoms with Crippen molar-refractivity contribution < 1.29 is 0 Å². The van der Waals surface area contributed by atoms with E-state index in [4.69, 9.17) is 11.6 Å². The van der Waals surface area contributed by atoms with Crippen molar-refractivity contribution >= 4 is 27.5 Å². The van der Waals surface area contributed by atoms with Crippen LogP contribution in [0.25, 0.3) is 0 Å². The molecule has 0 saturated carbocycles. The standard InChI is InChI=1S/C16H25BrClN/c1-4-6-12(3)10-16(19-9-5-2)14-8-7-13(17)11-15(14)18/h7-8,11-12,16,19H,4-6,9-10H2,1-3H3.